The average Bonchev–Trinajstić information content (AvgIpc) is 2.63. The van der Waals surface area contributed by atoms with Crippen LogP contribution in [0.15, 0.2) is 18.2 Å². The third-order valence-corrected chi connectivity index (χ3v) is 5.05. The molecule has 1 N–H and O–H groups in total. The molecule has 0 aliphatic carbocycles. The van der Waals surface area contributed by atoms with E-state index in [-0.39, 0.29) is 13.2 Å². The Morgan fingerprint density at radius 3 is 2.45 bits per heavy atom. The smallest absolute Gasteiger partial charge is 0.378 e. The van der Waals surface area contributed by atoms with Crippen molar-refractivity contribution in [3.05, 3.63) is 29.3 Å². The number of anilines is 1. The lowest BCUT2D eigenvalue weighted by Crippen LogP contribution is -2.28. The molecule has 1 aromatic rings. The number of aliphatic hydroxyl groups excluding tert-OH is 1. The van der Waals surface area contributed by atoms with Crippen molar-refractivity contribution in [3.63, 3.8) is 0 Å². The summed E-state index contributed by atoms with van der Waals surface area (Å²) in [4.78, 5) is 12.2. The quantitative estimate of drug-likeness (QED) is 0.846. The van der Waals surface area contributed by atoms with Gasteiger partial charge in [-0.25, -0.2) is 9.24 Å². The van der Waals surface area contributed by atoms with E-state index in [2.05, 4.69) is 0 Å². The Balaban J connectivity index is 2.52. The van der Waals surface area contributed by atoms with Gasteiger partial charge in [-0.3, -0.25) is 13.8 Å². The second kappa shape index (κ2) is 5.66. The van der Waals surface area contributed by atoms with Gasteiger partial charge < -0.3 is 5.11 Å². The molecule has 110 valence electrons. The van der Waals surface area contributed by atoms with E-state index in [4.69, 9.17) is 9.05 Å². The maximum Gasteiger partial charge on any atom is 0.442 e. The van der Waals surface area contributed by atoms with Gasteiger partial charge in [0.1, 0.15) is 0 Å². The summed E-state index contributed by atoms with van der Waals surface area (Å²) in [6.07, 6.45) is -1.33. The van der Waals surface area contributed by atoms with E-state index in [1.807, 2.05) is 6.92 Å². The molecule has 0 spiro atoms. The van der Waals surface area contributed by atoms with Crippen LogP contribution in [0.3, 0.4) is 0 Å². The fraction of sp³-hybridized carbons (Fsp3) is 0.462. The van der Waals surface area contributed by atoms with Crippen LogP contribution in [0.2, 0.25) is 0 Å². The Labute approximate surface area is 117 Å². The van der Waals surface area contributed by atoms with Crippen molar-refractivity contribution in [2.45, 2.75) is 26.9 Å². The Hall–Kier alpha value is -1.20. The van der Waals surface area contributed by atoms with Crippen LogP contribution in [0.4, 0.5) is 5.69 Å². The molecule has 1 atom stereocenters. The normalized spacial score (nSPS) is 18.5. The van der Waals surface area contributed by atoms with E-state index in [9.17, 15) is 14.5 Å². The first-order chi connectivity index (χ1) is 9.44. The lowest BCUT2D eigenvalue weighted by Gasteiger charge is -2.26. The molecule has 1 aliphatic heterocycles. The van der Waals surface area contributed by atoms with Gasteiger partial charge in [0.15, 0.2) is 6.10 Å². The first kappa shape index (κ1) is 15.2. The molecule has 0 radical (unpaired) electrons. The third kappa shape index (κ3) is 2.40. The largest absolute Gasteiger partial charge is 0.442 e. The van der Waals surface area contributed by atoms with Gasteiger partial charge in [-0.2, -0.15) is 0 Å². The van der Waals surface area contributed by atoms with Crippen molar-refractivity contribution in [3.8, 4) is 0 Å². The van der Waals surface area contributed by atoms with Crippen LogP contribution in [-0.2, 0) is 18.4 Å². The van der Waals surface area contributed by atoms with Gasteiger partial charge in [-0.05, 0) is 26.8 Å². The number of hydrogen-bond donors (Lipinski definition) is 1. The van der Waals surface area contributed by atoms with Crippen LogP contribution in [0.1, 0.15) is 31.1 Å². The highest BCUT2D eigenvalue weighted by molar-refractivity contribution is 7.57. The summed E-state index contributed by atoms with van der Waals surface area (Å²) >= 11 is 0. The first-order valence-corrected chi connectivity index (χ1v) is 7.96. The number of carbonyl (C=O) groups excluding carboxylic acids is 1. The summed E-state index contributed by atoms with van der Waals surface area (Å²) in [5, 5.41) is 10.0. The lowest BCUT2D eigenvalue weighted by molar-refractivity contribution is -0.124. The van der Waals surface area contributed by atoms with Crippen molar-refractivity contribution in [2.75, 3.05) is 17.9 Å². The fourth-order valence-corrected chi connectivity index (χ4v) is 3.94. The number of fused-ring (bicyclic) bond motifs is 1. The fourth-order valence-electron chi connectivity index (χ4n) is 2.19. The lowest BCUT2D eigenvalue weighted by atomic mass is 10.1. The maximum absolute atomic E-state index is 12.8. The Bertz CT molecular complexity index is 564. The molecule has 2 rings (SSSR count). The summed E-state index contributed by atoms with van der Waals surface area (Å²) in [5.74, 6) is -0.684. The van der Waals surface area contributed by atoms with Crippen molar-refractivity contribution in [2.24, 2.45) is 0 Å². The van der Waals surface area contributed by atoms with Crippen LogP contribution >= 0.6 is 7.75 Å². The molecule has 1 amide bonds. The van der Waals surface area contributed by atoms with Crippen molar-refractivity contribution in [1.29, 1.82) is 0 Å². The van der Waals surface area contributed by atoms with Crippen LogP contribution in [0.25, 0.3) is 0 Å². The number of rotatable bonds is 5. The summed E-state index contributed by atoms with van der Waals surface area (Å²) in [7, 11) is -3.78. The molecule has 1 heterocycles. The second-order valence-electron chi connectivity index (χ2n) is 4.42. The number of amides is 1. The molecule has 6 nitrogen and oxygen atoms in total. The number of hydrogen-bond acceptors (Lipinski definition) is 5. The zero-order valence-corrected chi connectivity index (χ0v) is 12.6. The minimum Gasteiger partial charge on any atom is -0.378 e. The minimum absolute atomic E-state index is 0.137. The highest BCUT2D eigenvalue weighted by Gasteiger charge is 2.47. The van der Waals surface area contributed by atoms with Gasteiger partial charge in [-0.1, -0.05) is 17.7 Å². The van der Waals surface area contributed by atoms with E-state index in [0.29, 0.717) is 11.3 Å². The molecule has 7 heteroatoms. The van der Waals surface area contributed by atoms with Gasteiger partial charge in [0.2, 0.25) is 0 Å². The van der Waals surface area contributed by atoms with Gasteiger partial charge in [0, 0.05) is 5.56 Å². The van der Waals surface area contributed by atoms with E-state index in [1.54, 1.807) is 32.0 Å². The zero-order valence-electron chi connectivity index (χ0n) is 11.7. The maximum atomic E-state index is 12.8. The summed E-state index contributed by atoms with van der Waals surface area (Å²) in [6, 6.07) is 5.11. The SMILES string of the molecule is CCOP(=O)(OCC)N1C(=O)C(O)c2cc(C)ccc21. The molecule has 0 aromatic heterocycles. The van der Waals surface area contributed by atoms with Crippen LogP contribution in [-0.4, -0.2) is 24.2 Å². The van der Waals surface area contributed by atoms with Gasteiger partial charge in [-0.15, -0.1) is 0 Å². The van der Waals surface area contributed by atoms with E-state index in [0.717, 1.165) is 10.2 Å². The van der Waals surface area contributed by atoms with E-state index < -0.39 is 19.8 Å². The number of nitrogens with zero attached hydrogens (tertiary/aromatic N) is 1. The average molecular weight is 299 g/mol. The Kier molecular flexibility index (Phi) is 4.30. The van der Waals surface area contributed by atoms with Gasteiger partial charge in [0.25, 0.3) is 5.91 Å². The highest BCUT2D eigenvalue weighted by Crippen LogP contribution is 2.58. The van der Waals surface area contributed by atoms with Crippen LogP contribution in [0, 0.1) is 6.92 Å². The molecule has 1 aromatic carbocycles. The molecule has 0 bridgehead atoms. The van der Waals surface area contributed by atoms with Crippen molar-refractivity contribution >= 4 is 19.3 Å². The molecule has 20 heavy (non-hydrogen) atoms. The highest BCUT2D eigenvalue weighted by atomic mass is 31.2. The van der Waals surface area contributed by atoms with Crippen LogP contribution < -0.4 is 4.67 Å². The monoisotopic (exact) mass is 299 g/mol. The van der Waals surface area contributed by atoms with Crippen molar-refractivity contribution in [1.82, 2.24) is 0 Å². The summed E-state index contributed by atoms with van der Waals surface area (Å²) in [5.41, 5.74) is 1.70. The minimum atomic E-state index is -3.78. The molecular formula is C13H18NO5P. The zero-order chi connectivity index (χ0) is 14.9. The Morgan fingerprint density at radius 2 is 1.90 bits per heavy atom. The summed E-state index contributed by atoms with van der Waals surface area (Å²) in [6.45, 7) is 5.46. The molecule has 0 saturated carbocycles. The Morgan fingerprint density at radius 1 is 1.30 bits per heavy atom. The third-order valence-electron chi connectivity index (χ3n) is 2.98. The van der Waals surface area contributed by atoms with E-state index in [1.165, 1.54) is 0 Å². The summed E-state index contributed by atoms with van der Waals surface area (Å²) < 4.78 is 24.1. The number of carbonyl (C=O) groups is 1. The second-order valence-corrected chi connectivity index (χ2v) is 6.27. The number of aliphatic hydroxyl groups is 1. The number of benzene rings is 1. The molecule has 0 saturated heterocycles. The number of aryl methyl sites for hydroxylation is 1. The van der Waals surface area contributed by atoms with Crippen LogP contribution in [0.5, 0.6) is 0 Å². The van der Waals surface area contributed by atoms with Gasteiger partial charge in [0.05, 0.1) is 18.9 Å². The molecule has 1 unspecified atom stereocenters. The van der Waals surface area contributed by atoms with Gasteiger partial charge >= 0.3 is 7.75 Å². The van der Waals surface area contributed by atoms with Crippen molar-refractivity contribution < 1.29 is 23.5 Å². The standard InChI is InChI=1S/C13H18NO5P/c1-4-18-20(17,19-5-2)14-11-7-6-9(3)8-10(11)12(15)13(14)16/h6-8,12,15H,4-5H2,1-3H3. The topological polar surface area (TPSA) is 76.1 Å². The molecular weight excluding hydrogens is 281 g/mol. The predicted octanol–water partition coefficient (Wildman–Crippen LogP) is 2.56. The predicted molar refractivity (Wildman–Crippen MR) is 74.5 cm³/mol. The molecule has 1 aliphatic rings. The van der Waals surface area contributed by atoms with E-state index >= 15 is 0 Å². The molecule has 0 fully saturated rings. The first-order valence-electron chi connectivity index (χ1n) is 6.46.